The van der Waals surface area contributed by atoms with Crippen LogP contribution in [0.2, 0.25) is 0 Å². The normalized spacial score (nSPS) is 12.2. The number of ketones is 1. The van der Waals surface area contributed by atoms with Gasteiger partial charge < -0.3 is 4.74 Å². The predicted molar refractivity (Wildman–Crippen MR) is 110 cm³/mol. The highest BCUT2D eigenvalue weighted by molar-refractivity contribution is 7.89. The van der Waals surface area contributed by atoms with Crippen LogP contribution < -0.4 is 0 Å². The number of benzene rings is 3. The van der Waals surface area contributed by atoms with Crippen LogP contribution in [0.5, 0.6) is 0 Å². The van der Waals surface area contributed by atoms with E-state index >= 15 is 0 Å². The molecule has 1 atom stereocenters. The lowest BCUT2D eigenvalue weighted by Crippen LogP contribution is -2.20. The van der Waals surface area contributed by atoms with E-state index in [9.17, 15) is 18.0 Å². The molecule has 6 heteroatoms. The van der Waals surface area contributed by atoms with Crippen LogP contribution in [0.1, 0.15) is 37.9 Å². The summed E-state index contributed by atoms with van der Waals surface area (Å²) in [5, 5.41) is 0. The van der Waals surface area contributed by atoms with E-state index in [-0.39, 0.29) is 17.1 Å². The van der Waals surface area contributed by atoms with Crippen molar-refractivity contribution in [1.29, 1.82) is 0 Å². The van der Waals surface area contributed by atoms with Crippen molar-refractivity contribution in [2.75, 3.05) is 6.26 Å². The second kappa shape index (κ2) is 8.84. The lowest BCUT2D eigenvalue weighted by molar-refractivity contribution is 0.0280. The van der Waals surface area contributed by atoms with Gasteiger partial charge in [-0.1, -0.05) is 72.8 Å². The van der Waals surface area contributed by atoms with Gasteiger partial charge >= 0.3 is 5.97 Å². The summed E-state index contributed by atoms with van der Waals surface area (Å²) in [5.74, 6) is -1.09. The van der Waals surface area contributed by atoms with Crippen molar-refractivity contribution in [2.24, 2.45) is 0 Å². The zero-order valence-corrected chi connectivity index (χ0v) is 16.6. The molecule has 0 saturated heterocycles. The third kappa shape index (κ3) is 5.62. The summed E-state index contributed by atoms with van der Waals surface area (Å²) in [4.78, 5) is 25.6. The zero-order valence-electron chi connectivity index (χ0n) is 15.8. The van der Waals surface area contributed by atoms with Crippen molar-refractivity contribution in [3.05, 3.63) is 107 Å². The van der Waals surface area contributed by atoms with Gasteiger partial charge in [-0.25, -0.2) is 13.2 Å². The average molecular weight is 408 g/mol. The van der Waals surface area contributed by atoms with E-state index in [1.807, 2.05) is 6.07 Å². The van der Waals surface area contributed by atoms with Gasteiger partial charge in [0.25, 0.3) is 0 Å². The Morgan fingerprint density at radius 2 is 1.34 bits per heavy atom. The predicted octanol–water partition coefficient (Wildman–Crippen LogP) is 4.01. The van der Waals surface area contributed by atoms with Crippen LogP contribution >= 0.6 is 0 Å². The van der Waals surface area contributed by atoms with Crippen molar-refractivity contribution in [2.45, 2.75) is 11.9 Å². The number of sulfone groups is 1. The smallest absolute Gasteiger partial charge is 0.339 e. The summed E-state index contributed by atoms with van der Waals surface area (Å²) in [6, 6.07) is 23.6. The topological polar surface area (TPSA) is 77.5 Å². The number of carbonyl (C=O) groups excluding carboxylic acids is 2. The van der Waals surface area contributed by atoms with Crippen LogP contribution in [0, 0.1) is 0 Å². The Hall–Kier alpha value is -3.25. The quantitative estimate of drug-likeness (QED) is 0.436. The highest BCUT2D eigenvalue weighted by Crippen LogP contribution is 2.24. The number of esters is 1. The standard InChI is InChI=1S/C23H20O5S/c1-29(26,27)16-17-12-14-20(15-13-17)23(25)28-22(19-10-6-3-7-11-19)21(24)18-8-4-2-5-9-18/h2-15,22H,16H2,1H3/t22-/m1/s1. The molecule has 0 radical (unpaired) electrons. The Balaban J connectivity index is 1.84. The number of hydrogen-bond donors (Lipinski definition) is 0. The van der Waals surface area contributed by atoms with Gasteiger partial charge in [0.05, 0.1) is 11.3 Å². The van der Waals surface area contributed by atoms with Gasteiger partial charge in [-0.2, -0.15) is 0 Å². The van der Waals surface area contributed by atoms with E-state index in [0.29, 0.717) is 16.7 Å². The van der Waals surface area contributed by atoms with Gasteiger partial charge in [0, 0.05) is 17.4 Å². The Morgan fingerprint density at radius 3 is 1.90 bits per heavy atom. The average Bonchev–Trinajstić information content (AvgIpc) is 2.72. The fourth-order valence-corrected chi connectivity index (χ4v) is 3.67. The number of ether oxygens (including phenoxy) is 1. The molecule has 29 heavy (non-hydrogen) atoms. The van der Waals surface area contributed by atoms with E-state index in [0.717, 1.165) is 6.26 Å². The van der Waals surface area contributed by atoms with Crippen LogP contribution in [0.4, 0.5) is 0 Å². The largest absolute Gasteiger partial charge is 0.445 e. The van der Waals surface area contributed by atoms with Gasteiger partial charge in [0.2, 0.25) is 5.78 Å². The number of hydrogen-bond acceptors (Lipinski definition) is 5. The molecule has 0 saturated carbocycles. The first kappa shape index (κ1) is 20.5. The molecule has 0 fully saturated rings. The molecule has 0 aromatic heterocycles. The molecule has 5 nitrogen and oxygen atoms in total. The molecule has 3 aromatic carbocycles. The molecule has 3 rings (SSSR count). The van der Waals surface area contributed by atoms with Crippen LogP contribution in [-0.2, 0) is 20.3 Å². The summed E-state index contributed by atoms with van der Waals surface area (Å²) in [6.45, 7) is 0. The summed E-state index contributed by atoms with van der Waals surface area (Å²) in [7, 11) is -3.17. The Bertz CT molecular complexity index is 1090. The maximum absolute atomic E-state index is 13.0. The molecular formula is C23H20O5S. The monoisotopic (exact) mass is 408 g/mol. The van der Waals surface area contributed by atoms with Crippen molar-refractivity contribution in [1.82, 2.24) is 0 Å². The van der Waals surface area contributed by atoms with Crippen LogP contribution in [0.25, 0.3) is 0 Å². The van der Waals surface area contributed by atoms with Crippen LogP contribution in [0.3, 0.4) is 0 Å². The van der Waals surface area contributed by atoms with Gasteiger partial charge in [-0.05, 0) is 17.7 Å². The second-order valence-corrected chi connectivity index (χ2v) is 8.83. The minimum absolute atomic E-state index is 0.110. The van der Waals surface area contributed by atoms with Crippen LogP contribution in [0.15, 0.2) is 84.9 Å². The minimum Gasteiger partial charge on any atom is -0.445 e. The van der Waals surface area contributed by atoms with Gasteiger partial charge in [-0.3, -0.25) is 4.79 Å². The highest BCUT2D eigenvalue weighted by Gasteiger charge is 2.26. The molecule has 0 amide bonds. The summed E-state index contributed by atoms with van der Waals surface area (Å²) < 4.78 is 28.4. The molecule has 0 aliphatic rings. The van der Waals surface area contributed by atoms with Crippen molar-refractivity contribution < 1.29 is 22.7 Å². The number of Topliss-reactive ketones (excluding diaryl/α,β-unsaturated/α-hetero) is 1. The molecule has 0 spiro atoms. The maximum Gasteiger partial charge on any atom is 0.339 e. The molecule has 0 aliphatic heterocycles. The van der Waals surface area contributed by atoms with Crippen molar-refractivity contribution in [3.63, 3.8) is 0 Å². The first-order valence-electron chi connectivity index (χ1n) is 8.95. The number of rotatable bonds is 7. The van der Waals surface area contributed by atoms with Crippen LogP contribution in [-0.4, -0.2) is 26.4 Å². The molecular weight excluding hydrogens is 388 g/mol. The van der Waals surface area contributed by atoms with Gasteiger partial charge in [0.15, 0.2) is 15.9 Å². The third-order valence-corrected chi connectivity index (χ3v) is 5.10. The van der Waals surface area contributed by atoms with E-state index < -0.39 is 21.9 Å². The summed E-state index contributed by atoms with van der Waals surface area (Å²) in [5.41, 5.74) is 1.83. The molecule has 148 valence electrons. The Morgan fingerprint density at radius 1 is 0.793 bits per heavy atom. The van der Waals surface area contributed by atoms with Gasteiger partial charge in [-0.15, -0.1) is 0 Å². The van der Waals surface area contributed by atoms with E-state index in [1.54, 1.807) is 66.7 Å². The SMILES string of the molecule is CS(=O)(=O)Cc1ccc(C(=O)O[C@@H](C(=O)c2ccccc2)c2ccccc2)cc1. The van der Waals surface area contributed by atoms with Crippen molar-refractivity contribution in [3.8, 4) is 0 Å². The fraction of sp³-hybridized carbons (Fsp3) is 0.130. The molecule has 3 aromatic rings. The number of carbonyl (C=O) groups is 2. The highest BCUT2D eigenvalue weighted by atomic mass is 32.2. The lowest BCUT2D eigenvalue weighted by Gasteiger charge is -2.17. The molecule has 0 N–H and O–H groups in total. The van der Waals surface area contributed by atoms with E-state index in [4.69, 9.17) is 4.74 Å². The first-order chi connectivity index (χ1) is 13.8. The van der Waals surface area contributed by atoms with Gasteiger partial charge in [0.1, 0.15) is 0 Å². The zero-order chi connectivity index (χ0) is 20.9. The Kier molecular flexibility index (Phi) is 6.24. The summed E-state index contributed by atoms with van der Waals surface area (Å²) in [6.07, 6.45) is 0.0660. The summed E-state index contributed by atoms with van der Waals surface area (Å²) >= 11 is 0. The minimum atomic E-state index is -3.17. The third-order valence-electron chi connectivity index (χ3n) is 4.24. The van der Waals surface area contributed by atoms with E-state index in [2.05, 4.69) is 0 Å². The molecule has 0 bridgehead atoms. The van der Waals surface area contributed by atoms with E-state index in [1.165, 1.54) is 12.1 Å². The maximum atomic E-state index is 13.0. The molecule has 0 unspecified atom stereocenters. The fourth-order valence-electron chi connectivity index (χ4n) is 2.87. The first-order valence-corrected chi connectivity index (χ1v) is 11.0. The Labute approximate surface area is 169 Å². The second-order valence-electron chi connectivity index (χ2n) is 6.69. The lowest BCUT2D eigenvalue weighted by atomic mass is 9.99. The molecule has 0 heterocycles. The molecule has 0 aliphatic carbocycles. The van der Waals surface area contributed by atoms with Crippen molar-refractivity contribution >= 4 is 21.6 Å².